The van der Waals surface area contributed by atoms with Gasteiger partial charge in [-0.15, -0.1) is 0 Å². The van der Waals surface area contributed by atoms with Crippen molar-refractivity contribution in [3.8, 4) is 11.3 Å². The Labute approximate surface area is 129 Å². The molecule has 6 heteroatoms. The lowest BCUT2D eigenvalue weighted by molar-refractivity contribution is 0.768. The zero-order chi connectivity index (χ0) is 14.8. The normalized spacial score (nSPS) is 10.8. The lowest BCUT2D eigenvalue weighted by Crippen LogP contribution is -2.11. The molecule has 2 heterocycles. The van der Waals surface area contributed by atoms with Crippen molar-refractivity contribution in [2.75, 3.05) is 0 Å². The first kappa shape index (κ1) is 13.8. The summed E-state index contributed by atoms with van der Waals surface area (Å²) in [5.74, 6) is 0.642. The molecule has 0 aliphatic heterocycles. The van der Waals surface area contributed by atoms with Crippen molar-refractivity contribution in [3.63, 3.8) is 0 Å². The van der Waals surface area contributed by atoms with Gasteiger partial charge in [-0.3, -0.25) is 9.48 Å². The van der Waals surface area contributed by atoms with Gasteiger partial charge in [0.05, 0.1) is 11.9 Å². The van der Waals surface area contributed by atoms with Gasteiger partial charge in [0, 0.05) is 35.8 Å². The van der Waals surface area contributed by atoms with E-state index in [1.807, 2.05) is 37.5 Å². The summed E-state index contributed by atoms with van der Waals surface area (Å²) >= 11 is 3.40. The molecule has 0 spiro atoms. The van der Waals surface area contributed by atoms with Crippen LogP contribution in [0, 0.1) is 0 Å². The molecule has 106 valence electrons. The Bertz CT molecular complexity index is 820. The number of aryl methyl sites for hydroxylation is 1. The maximum atomic E-state index is 11.8. The van der Waals surface area contributed by atoms with Gasteiger partial charge in [0.1, 0.15) is 5.82 Å². The van der Waals surface area contributed by atoms with E-state index >= 15 is 0 Å². The summed E-state index contributed by atoms with van der Waals surface area (Å²) in [5, 5.41) is 4.11. The van der Waals surface area contributed by atoms with Crippen LogP contribution in [-0.4, -0.2) is 19.7 Å². The van der Waals surface area contributed by atoms with Crippen LogP contribution in [0.15, 0.2) is 52.0 Å². The quantitative estimate of drug-likeness (QED) is 0.793. The van der Waals surface area contributed by atoms with Crippen molar-refractivity contribution in [2.45, 2.75) is 6.42 Å². The topological polar surface area (TPSA) is 63.6 Å². The Hall–Kier alpha value is -2.21. The molecule has 0 unspecified atom stereocenters. The minimum absolute atomic E-state index is 0.157. The van der Waals surface area contributed by atoms with Crippen LogP contribution in [0.3, 0.4) is 0 Å². The largest absolute Gasteiger partial charge is 0.310 e. The number of rotatable bonds is 3. The summed E-state index contributed by atoms with van der Waals surface area (Å²) in [6, 6.07) is 9.43. The summed E-state index contributed by atoms with van der Waals surface area (Å²) in [6.07, 6.45) is 4.12. The second kappa shape index (κ2) is 5.65. The number of hydrogen-bond donors (Lipinski definition) is 1. The summed E-state index contributed by atoms with van der Waals surface area (Å²) in [6.45, 7) is 0. The minimum Gasteiger partial charge on any atom is -0.310 e. The highest BCUT2D eigenvalue weighted by atomic mass is 79.9. The van der Waals surface area contributed by atoms with E-state index < -0.39 is 0 Å². The lowest BCUT2D eigenvalue weighted by atomic mass is 10.1. The Morgan fingerprint density at radius 2 is 2.05 bits per heavy atom. The molecule has 3 aromatic rings. The Kier molecular flexibility index (Phi) is 3.70. The molecule has 0 radical (unpaired) electrons. The second-order valence-electron chi connectivity index (χ2n) is 4.78. The summed E-state index contributed by atoms with van der Waals surface area (Å²) in [4.78, 5) is 19.1. The van der Waals surface area contributed by atoms with Gasteiger partial charge in [0.25, 0.3) is 5.56 Å². The molecule has 0 aliphatic rings. The molecule has 0 saturated carbocycles. The molecule has 0 bridgehead atoms. The van der Waals surface area contributed by atoms with Gasteiger partial charge in [-0.05, 0) is 17.7 Å². The Morgan fingerprint density at radius 1 is 1.29 bits per heavy atom. The number of nitrogens with one attached hydrogen (secondary N) is 1. The lowest BCUT2D eigenvalue weighted by Gasteiger charge is -2.03. The number of H-pyrrole nitrogens is 1. The van der Waals surface area contributed by atoms with E-state index in [0.717, 1.165) is 15.6 Å². The third-order valence-electron chi connectivity index (χ3n) is 3.08. The van der Waals surface area contributed by atoms with Crippen molar-refractivity contribution < 1.29 is 0 Å². The van der Waals surface area contributed by atoms with Gasteiger partial charge in [-0.25, -0.2) is 4.98 Å². The number of benzene rings is 1. The van der Waals surface area contributed by atoms with Crippen LogP contribution < -0.4 is 5.56 Å². The van der Waals surface area contributed by atoms with Gasteiger partial charge in [-0.1, -0.05) is 28.1 Å². The molecule has 5 nitrogen and oxygen atoms in total. The number of aromatic nitrogens is 4. The predicted octanol–water partition coefficient (Wildman–Crippen LogP) is 2.52. The number of aromatic amines is 1. The maximum absolute atomic E-state index is 11.8. The first-order valence-electron chi connectivity index (χ1n) is 6.44. The summed E-state index contributed by atoms with van der Waals surface area (Å²) in [7, 11) is 1.83. The fourth-order valence-electron chi connectivity index (χ4n) is 2.09. The van der Waals surface area contributed by atoms with Crippen LogP contribution >= 0.6 is 15.9 Å². The zero-order valence-corrected chi connectivity index (χ0v) is 13.0. The summed E-state index contributed by atoms with van der Waals surface area (Å²) in [5.41, 5.74) is 2.40. The third kappa shape index (κ3) is 3.28. The van der Waals surface area contributed by atoms with Crippen molar-refractivity contribution >= 4 is 15.9 Å². The predicted molar refractivity (Wildman–Crippen MR) is 84.0 cm³/mol. The Morgan fingerprint density at radius 3 is 2.71 bits per heavy atom. The molecule has 21 heavy (non-hydrogen) atoms. The number of hydrogen-bond acceptors (Lipinski definition) is 3. The zero-order valence-electron chi connectivity index (χ0n) is 11.4. The van der Waals surface area contributed by atoms with Gasteiger partial charge in [-0.2, -0.15) is 5.10 Å². The fourth-order valence-corrected chi connectivity index (χ4v) is 2.35. The van der Waals surface area contributed by atoms with Gasteiger partial charge in [0.15, 0.2) is 0 Å². The van der Waals surface area contributed by atoms with Crippen LogP contribution in [0.25, 0.3) is 11.3 Å². The minimum atomic E-state index is -0.157. The maximum Gasteiger partial charge on any atom is 0.251 e. The molecule has 3 rings (SSSR count). The van der Waals surface area contributed by atoms with Crippen molar-refractivity contribution in [3.05, 3.63) is 68.9 Å². The monoisotopic (exact) mass is 344 g/mol. The third-order valence-corrected chi connectivity index (χ3v) is 3.60. The highest BCUT2D eigenvalue weighted by molar-refractivity contribution is 9.10. The first-order valence-corrected chi connectivity index (χ1v) is 7.23. The van der Waals surface area contributed by atoms with E-state index in [2.05, 4.69) is 31.0 Å². The van der Waals surface area contributed by atoms with Gasteiger partial charge >= 0.3 is 0 Å². The Balaban J connectivity index is 1.94. The molecule has 0 atom stereocenters. The van der Waals surface area contributed by atoms with Gasteiger partial charge in [0.2, 0.25) is 0 Å². The summed E-state index contributed by atoms with van der Waals surface area (Å²) < 4.78 is 2.71. The molecule has 2 aromatic heterocycles. The van der Waals surface area contributed by atoms with Crippen molar-refractivity contribution in [2.24, 2.45) is 7.05 Å². The van der Waals surface area contributed by atoms with E-state index in [9.17, 15) is 4.79 Å². The smallest absolute Gasteiger partial charge is 0.251 e. The molecule has 0 fully saturated rings. The standard InChI is InChI=1S/C15H13BrN4O/c1-20-9-11(8-17-20)13-7-15(21)19-14(18-13)6-10-2-4-12(16)5-3-10/h2-5,7-9H,6H2,1H3,(H,18,19,21). The molecule has 0 aliphatic carbocycles. The molecule has 1 N–H and O–H groups in total. The highest BCUT2D eigenvalue weighted by Gasteiger charge is 2.06. The van der Waals surface area contributed by atoms with E-state index in [-0.39, 0.29) is 5.56 Å². The first-order chi connectivity index (χ1) is 10.1. The second-order valence-corrected chi connectivity index (χ2v) is 5.70. The number of nitrogens with zero attached hydrogens (tertiary/aromatic N) is 3. The van der Waals surface area contributed by atoms with Crippen LogP contribution in [0.1, 0.15) is 11.4 Å². The van der Waals surface area contributed by atoms with Crippen LogP contribution in [0.4, 0.5) is 0 Å². The van der Waals surface area contributed by atoms with E-state index in [1.54, 1.807) is 10.9 Å². The molecule has 0 saturated heterocycles. The molecular formula is C15H13BrN4O. The molecule has 0 amide bonds. The van der Waals surface area contributed by atoms with Crippen LogP contribution in [0.2, 0.25) is 0 Å². The van der Waals surface area contributed by atoms with Crippen molar-refractivity contribution in [1.82, 2.24) is 19.7 Å². The van der Waals surface area contributed by atoms with Crippen LogP contribution in [0.5, 0.6) is 0 Å². The van der Waals surface area contributed by atoms with E-state index in [0.29, 0.717) is 17.9 Å². The average molecular weight is 345 g/mol. The molecule has 1 aromatic carbocycles. The van der Waals surface area contributed by atoms with E-state index in [1.165, 1.54) is 6.07 Å². The highest BCUT2D eigenvalue weighted by Crippen LogP contribution is 2.16. The van der Waals surface area contributed by atoms with Crippen molar-refractivity contribution in [1.29, 1.82) is 0 Å². The number of halogens is 1. The fraction of sp³-hybridized carbons (Fsp3) is 0.133. The van der Waals surface area contributed by atoms with Gasteiger partial charge < -0.3 is 4.98 Å². The van der Waals surface area contributed by atoms with Crippen LogP contribution in [-0.2, 0) is 13.5 Å². The SMILES string of the molecule is Cn1cc(-c2cc(=O)[nH]c(Cc3ccc(Br)cc3)n2)cn1. The average Bonchev–Trinajstić information content (AvgIpc) is 2.88. The molecular weight excluding hydrogens is 332 g/mol. The van der Waals surface area contributed by atoms with E-state index in [4.69, 9.17) is 0 Å².